The van der Waals surface area contributed by atoms with Gasteiger partial charge in [0.15, 0.2) is 5.82 Å². The first-order valence-electron chi connectivity index (χ1n) is 14.3. The summed E-state index contributed by atoms with van der Waals surface area (Å²) in [6.45, 7) is 12.6. The molecule has 2 aromatic rings. The Morgan fingerprint density at radius 2 is 1.85 bits per heavy atom. The molecule has 2 N–H and O–H groups in total. The largest absolute Gasteiger partial charge is 0.463 e. The summed E-state index contributed by atoms with van der Waals surface area (Å²) in [5.41, 5.74) is 9.41. The number of hydrogen-bond acceptors (Lipinski definition) is 11. The molecule has 0 spiro atoms. The number of nitro groups is 1. The van der Waals surface area contributed by atoms with Gasteiger partial charge < -0.3 is 20.0 Å². The average Bonchev–Trinajstić information content (AvgIpc) is 3.54. The molecule has 1 unspecified atom stereocenters. The highest BCUT2D eigenvalue weighted by Crippen LogP contribution is 2.26. The van der Waals surface area contributed by atoms with Crippen LogP contribution in [0.25, 0.3) is 0 Å². The fourth-order valence-corrected chi connectivity index (χ4v) is 5.52. The molecule has 0 saturated carbocycles. The Bertz CT molecular complexity index is 1340. The van der Waals surface area contributed by atoms with E-state index in [2.05, 4.69) is 28.5 Å². The van der Waals surface area contributed by atoms with Crippen molar-refractivity contribution in [3.63, 3.8) is 0 Å². The van der Waals surface area contributed by atoms with E-state index in [1.165, 1.54) is 6.42 Å². The highest BCUT2D eigenvalue weighted by Gasteiger charge is 2.30. The van der Waals surface area contributed by atoms with Crippen LogP contribution in [0.15, 0.2) is 73.6 Å². The van der Waals surface area contributed by atoms with E-state index >= 15 is 0 Å². The van der Waals surface area contributed by atoms with Crippen LogP contribution in [0.3, 0.4) is 0 Å². The monoisotopic (exact) mass is 561 g/mol. The summed E-state index contributed by atoms with van der Waals surface area (Å²) in [5.74, 6) is 2.85. The van der Waals surface area contributed by atoms with Gasteiger partial charge in [0.25, 0.3) is 5.69 Å². The number of rotatable bonds is 7. The SMILES string of the molecule is CC/C(C)=C1/N=C(N2CCCC(CN3CCN(c4ccc([N+](=O)[O-])cc4)CC3)C2)N=C(N)N1/N=C(\C)c1ccco1. The quantitative estimate of drug-likeness (QED) is 0.304. The minimum atomic E-state index is -0.358. The van der Waals surface area contributed by atoms with Crippen molar-refractivity contribution in [3.8, 4) is 0 Å². The predicted molar refractivity (Wildman–Crippen MR) is 161 cm³/mol. The minimum Gasteiger partial charge on any atom is -0.463 e. The summed E-state index contributed by atoms with van der Waals surface area (Å²) in [6, 6.07) is 10.5. The molecule has 2 fully saturated rings. The molecular weight excluding hydrogens is 522 g/mol. The molecule has 1 atom stereocenters. The van der Waals surface area contributed by atoms with E-state index in [9.17, 15) is 10.1 Å². The van der Waals surface area contributed by atoms with Crippen molar-refractivity contribution in [2.24, 2.45) is 26.7 Å². The minimum absolute atomic E-state index is 0.125. The lowest BCUT2D eigenvalue weighted by Gasteiger charge is -2.40. The number of piperazine rings is 1. The average molecular weight is 562 g/mol. The molecule has 1 aromatic carbocycles. The lowest BCUT2D eigenvalue weighted by molar-refractivity contribution is -0.384. The number of anilines is 1. The molecule has 5 rings (SSSR count). The smallest absolute Gasteiger partial charge is 0.269 e. The maximum atomic E-state index is 11.0. The number of piperidine rings is 1. The number of nitro benzene ring substituents is 1. The van der Waals surface area contributed by atoms with Gasteiger partial charge in [-0.2, -0.15) is 20.1 Å². The van der Waals surface area contributed by atoms with Crippen molar-refractivity contribution in [2.75, 3.05) is 50.7 Å². The number of furan rings is 1. The normalized spacial score (nSPS) is 22.0. The van der Waals surface area contributed by atoms with Gasteiger partial charge in [0, 0.05) is 63.6 Å². The van der Waals surface area contributed by atoms with Gasteiger partial charge in [-0.3, -0.25) is 15.0 Å². The van der Waals surface area contributed by atoms with Gasteiger partial charge >= 0.3 is 0 Å². The summed E-state index contributed by atoms with van der Waals surface area (Å²) < 4.78 is 5.50. The summed E-state index contributed by atoms with van der Waals surface area (Å²) in [4.78, 5) is 27.3. The number of benzene rings is 1. The zero-order valence-electron chi connectivity index (χ0n) is 24.1. The Hall–Kier alpha value is -4.19. The topological polar surface area (TPSA) is 132 Å². The molecule has 12 heteroatoms. The van der Waals surface area contributed by atoms with E-state index in [1.807, 2.05) is 31.2 Å². The van der Waals surface area contributed by atoms with Crippen LogP contribution in [0.4, 0.5) is 11.4 Å². The zero-order valence-corrected chi connectivity index (χ0v) is 24.1. The molecule has 0 amide bonds. The predicted octanol–water partition coefficient (Wildman–Crippen LogP) is 4.07. The second-order valence-corrected chi connectivity index (χ2v) is 10.8. The summed E-state index contributed by atoms with van der Waals surface area (Å²) >= 11 is 0. The third kappa shape index (κ3) is 6.59. The van der Waals surface area contributed by atoms with Gasteiger partial charge in [0.1, 0.15) is 11.5 Å². The van der Waals surface area contributed by atoms with Crippen LogP contribution in [-0.2, 0) is 0 Å². The molecule has 0 aliphatic carbocycles. The van der Waals surface area contributed by atoms with Crippen molar-refractivity contribution in [2.45, 2.75) is 40.0 Å². The van der Waals surface area contributed by atoms with Gasteiger partial charge in [-0.15, -0.1) is 0 Å². The standard InChI is InChI=1S/C29H39N9O3/c1-4-21(2)27-31-29(32-28(30)37(27)33-22(3)26-8-6-18-41-26)36-13-5-7-23(20-36)19-34-14-16-35(17-15-34)24-9-11-25(12-10-24)38(39)40/h6,8-12,18,23H,4-5,7,13-17,19-20H2,1-3H3,(H2,30,31,32)/b27-21-,33-22+. The second kappa shape index (κ2) is 12.5. The third-order valence-corrected chi connectivity index (χ3v) is 7.99. The number of nitrogens with two attached hydrogens (primary N) is 1. The Morgan fingerprint density at radius 3 is 2.51 bits per heavy atom. The molecule has 1 aromatic heterocycles. The van der Waals surface area contributed by atoms with E-state index in [-0.39, 0.29) is 10.6 Å². The second-order valence-electron chi connectivity index (χ2n) is 10.8. The number of allylic oxidation sites excluding steroid dienone is 1. The number of nitrogens with zero attached hydrogens (tertiary/aromatic N) is 8. The number of aliphatic imine (C=N–C) groups is 2. The van der Waals surface area contributed by atoms with Crippen molar-refractivity contribution < 1.29 is 9.34 Å². The first-order chi connectivity index (χ1) is 19.8. The highest BCUT2D eigenvalue weighted by atomic mass is 16.6. The first kappa shape index (κ1) is 28.3. The highest BCUT2D eigenvalue weighted by molar-refractivity contribution is 6.00. The van der Waals surface area contributed by atoms with Crippen LogP contribution in [0.1, 0.15) is 45.8 Å². The number of guanidine groups is 2. The van der Waals surface area contributed by atoms with E-state index in [4.69, 9.17) is 25.2 Å². The summed E-state index contributed by atoms with van der Waals surface area (Å²) in [6.07, 6.45) is 4.69. The van der Waals surface area contributed by atoms with Crippen molar-refractivity contribution in [1.82, 2.24) is 14.8 Å². The van der Waals surface area contributed by atoms with E-state index in [0.29, 0.717) is 35.1 Å². The molecule has 0 radical (unpaired) electrons. The lowest BCUT2D eigenvalue weighted by Crippen LogP contribution is -2.50. The Morgan fingerprint density at radius 1 is 1.10 bits per heavy atom. The van der Waals surface area contributed by atoms with Gasteiger partial charge in [-0.05, 0) is 68.9 Å². The molecular formula is C29H39N9O3. The maximum Gasteiger partial charge on any atom is 0.269 e. The summed E-state index contributed by atoms with van der Waals surface area (Å²) in [5, 5.41) is 17.3. The molecule has 3 aliphatic rings. The number of likely N-dealkylation sites (tertiary alicyclic amines) is 1. The maximum absolute atomic E-state index is 11.0. The number of non-ortho nitro benzene ring substituents is 1. The molecule has 4 heterocycles. The zero-order chi connectivity index (χ0) is 28.9. The van der Waals surface area contributed by atoms with Gasteiger partial charge in [0.05, 0.1) is 11.2 Å². The number of hydrazone groups is 1. The molecule has 218 valence electrons. The first-order valence-corrected chi connectivity index (χ1v) is 14.3. The van der Waals surface area contributed by atoms with Crippen LogP contribution in [-0.4, -0.2) is 83.2 Å². The van der Waals surface area contributed by atoms with Crippen LogP contribution in [0, 0.1) is 16.0 Å². The van der Waals surface area contributed by atoms with Crippen LogP contribution < -0.4 is 10.6 Å². The molecule has 41 heavy (non-hydrogen) atoms. The molecule has 0 bridgehead atoms. The van der Waals surface area contributed by atoms with Crippen LogP contribution in [0.2, 0.25) is 0 Å². The van der Waals surface area contributed by atoms with Gasteiger partial charge in [-0.1, -0.05) is 6.92 Å². The Kier molecular flexibility index (Phi) is 8.67. The van der Waals surface area contributed by atoms with Crippen molar-refractivity contribution in [1.29, 1.82) is 0 Å². The van der Waals surface area contributed by atoms with E-state index in [1.54, 1.807) is 23.4 Å². The molecule has 2 saturated heterocycles. The van der Waals surface area contributed by atoms with E-state index in [0.717, 1.165) is 69.9 Å². The van der Waals surface area contributed by atoms with Crippen molar-refractivity contribution in [3.05, 3.63) is 69.9 Å². The Labute approximate surface area is 240 Å². The molecule has 3 aliphatic heterocycles. The van der Waals surface area contributed by atoms with Gasteiger partial charge in [0.2, 0.25) is 11.9 Å². The fraction of sp³-hybridized carbons (Fsp3) is 0.483. The van der Waals surface area contributed by atoms with E-state index < -0.39 is 0 Å². The fourth-order valence-electron chi connectivity index (χ4n) is 5.52. The number of hydrogen-bond donors (Lipinski definition) is 1. The molecule has 12 nitrogen and oxygen atoms in total. The lowest BCUT2D eigenvalue weighted by atomic mass is 9.97. The Balaban J connectivity index is 1.21. The van der Waals surface area contributed by atoms with Crippen LogP contribution >= 0.6 is 0 Å². The van der Waals surface area contributed by atoms with Crippen molar-refractivity contribution >= 4 is 29.0 Å². The van der Waals surface area contributed by atoms with Gasteiger partial charge in [-0.25, -0.2) is 0 Å². The van der Waals surface area contributed by atoms with Crippen LogP contribution in [0.5, 0.6) is 0 Å². The summed E-state index contributed by atoms with van der Waals surface area (Å²) in [7, 11) is 0. The third-order valence-electron chi connectivity index (χ3n) is 7.99.